The van der Waals surface area contributed by atoms with Crippen molar-refractivity contribution in [1.82, 2.24) is 0 Å². The lowest BCUT2D eigenvalue weighted by molar-refractivity contribution is -0.384. The molecule has 3 aromatic carbocycles. The summed E-state index contributed by atoms with van der Waals surface area (Å²) in [4.78, 5) is 24.4. The highest BCUT2D eigenvalue weighted by Gasteiger charge is 2.33. The quantitative estimate of drug-likeness (QED) is 0.261. The van der Waals surface area contributed by atoms with Crippen LogP contribution in [-0.2, 0) is 17.5 Å². The van der Waals surface area contributed by atoms with E-state index in [9.17, 15) is 28.1 Å². The third-order valence-electron chi connectivity index (χ3n) is 4.66. The first-order valence-corrected chi connectivity index (χ1v) is 9.62. The van der Waals surface area contributed by atoms with Gasteiger partial charge in [-0.3, -0.25) is 10.1 Å². The number of alkyl halides is 3. The van der Waals surface area contributed by atoms with E-state index in [2.05, 4.69) is 0 Å². The first-order valence-electron chi connectivity index (χ1n) is 9.62. The van der Waals surface area contributed by atoms with Crippen molar-refractivity contribution in [2.24, 2.45) is 0 Å². The molecule has 0 aliphatic rings. The van der Waals surface area contributed by atoms with Gasteiger partial charge in [-0.2, -0.15) is 13.2 Å². The first kappa shape index (κ1) is 22.8. The number of carbonyl (C=O) groups is 1. The van der Waals surface area contributed by atoms with Crippen LogP contribution in [0.4, 0.5) is 24.5 Å². The minimum atomic E-state index is -4.71. The molecule has 0 heterocycles. The summed E-state index contributed by atoms with van der Waals surface area (Å²) in [5, 5.41) is 11.6. The summed E-state index contributed by atoms with van der Waals surface area (Å²) in [7, 11) is 0. The lowest BCUT2D eigenvalue weighted by Gasteiger charge is -2.25. The Bertz CT molecular complexity index is 1070. The number of rotatable bonds is 8. The van der Waals surface area contributed by atoms with Gasteiger partial charge in [0.1, 0.15) is 12.3 Å². The molecule has 0 unspecified atom stereocenters. The molecule has 0 aromatic heterocycles. The average Bonchev–Trinajstić information content (AvgIpc) is 2.78. The molecule has 0 spiro atoms. The number of nitro groups is 1. The molecule has 6 nitrogen and oxygen atoms in total. The predicted molar refractivity (Wildman–Crippen MR) is 112 cm³/mol. The molecule has 0 saturated heterocycles. The van der Waals surface area contributed by atoms with Gasteiger partial charge in [-0.25, -0.2) is 4.79 Å². The summed E-state index contributed by atoms with van der Waals surface area (Å²) in [5.41, 5.74) is -0.644. The molecule has 32 heavy (non-hydrogen) atoms. The molecular weight excluding hydrogens is 425 g/mol. The highest BCUT2D eigenvalue weighted by molar-refractivity contribution is 5.89. The average molecular weight is 444 g/mol. The van der Waals surface area contributed by atoms with Crippen molar-refractivity contribution in [1.29, 1.82) is 0 Å². The van der Waals surface area contributed by atoms with Crippen LogP contribution in [0.25, 0.3) is 0 Å². The molecule has 166 valence electrons. The van der Waals surface area contributed by atoms with Crippen LogP contribution < -0.4 is 4.90 Å². The van der Waals surface area contributed by atoms with E-state index in [1.54, 1.807) is 60.7 Å². The van der Waals surface area contributed by atoms with Gasteiger partial charge < -0.3 is 9.64 Å². The van der Waals surface area contributed by atoms with Gasteiger partial charge in [0.25, 0.3) is 5.69 Å². The fourth-order valence-corrected chi connectivity index (χ4v) is 3.11. The Morgan fingerprint density at radius 1 is 0.969 bits per heavy atom. The Morgan fingerprint density at radius 3 is 2.19 bits per heavy atom. The van der Waals surface area contributed by atoms with E-state index in [-0.39, 0.29) is 25.4 Å². The molecule has 0 saturated carbocycles. The molecule has 3 aromatic rings. The van der Waals surface area contributed by atoms with Gasteiger partial charge in [0, 0.05) is 12.6 Å². The summed E-state index contributed by atoms with van der Waals surface area (Å²) >= 11 is 0. The molecular formula is C23H19F3N2O4. The van der Waals surface area contributed by atoms with Crippen LogP contribution in [0.15, 0.2) is 78.9 Å². The fraction of sp³-hybridized carbons (Fsp3) is 0.174. The molecule has 0 aliphatic heterocycles. The van der Waals surface area contributed by atoms with Gasteiger partial charge in [-0.05, 0) is 29.8 Å². The number of halogens is 3. The Kier molecular flexibility index (Phi) is 7.09. The zero-order valence-corrected chi connectivity index (χ0v) is 16.8. The third-order valence-corrected chi connectivity index (χ3v) is 4.66. The normalized spacial score (nSPS) is 11.1. The Morgan fingerprint density at radius 2 is 1.59 bits per heavy atom. The van der Waals surface area contributed by atoms with Gasteiger partial charge in [-0.1, -0.05) is 48.5 Å². The Hall–Kier alpha value is -3.88. The molecule has 0 radical (unpaired) electrons. The van der Waals surface area contributed by atoms with Crippen LogP contribution in [0.5, 0.6) is 0 Å². The Labute approximate surface area is 182 Å². The zero-order valence-electron chi connectivity index (χ0n) is 16.8. The summed E-state index contributed by atoms with van der Waals surface area (Å²) in [6, 6.07) is 19.6. The molecule has 0 amide bonds. The number of hydrogen-bond donors (Lipinski definition) is 0. The summed E-state index contributed by atoms with van der Waals surface area (Å²) in [6.45, 7) is 0.105. The zero-order chi connectivity index (χ0) is 23.1. The van der Waals surface area contributed by atoms with E-state index in [1.165, 1.54) is 4.90 Å². The van der Waals surface area contributed by atoms with E-state index >= 15 is 0 Å². The lowest BCUT2D eigenvalue weighted by Crippen LogP contribution is -2.28. The third kappa shape index (κ3) is 5.84. The van der Waals surface area contributed by atoms with Crippen molar-refractivity contribution in [2.45, 2.75) is 12.7 Å². The number of nitrogens with zero attached hydrogens (tertiary/aromatic N) is 2. The van der Waals surface area contributed by atoms with Crippen LogP contribution in [0, 0.1) is 10.1 Å². The van der Waals surface area contributed by atoms with E-state index in [0.29, 0.717) is 11.6 Å². The van der Waals surface area contributed by atoms with E-state index in [0.717, 1.165) is 17.7 Å². The second kappa shape index (κ2) is 9.95. The molecule has 9 heteroatoms. The van der Waals surface area contributed by atoms with Gasteiger partial charge >= 0.3 is 12.1 Å². The number of ether oxygens (including phenoxy) is 1. The first-order chi connectivity index (χ1) is 15.3. The van der Waals surface area contributed by atoms with Crippen molar-refractivity contribution < 1.29 is 27.6 Å². The lowest BCUT2D eigenvalue weighted by atomic mass is 10.1. The number of hydrogen-bond acceptors (Lipinski definition) is 5. The monoisotopic (exact) mass is 444 g/mol. The predicted octanol–water partition coefficient (Wildman–Crippen LogP) is 5.48. The molecule has 0 aliphatic carbocycles. The van der Waals surface area contributed by atoms with Crippen LogP contribution in [0.1, 0.15) is 21.5 Å². The van der Waals surface area contributed by atoms with Gasteiger partial charge in [0.2, 0.25) is 0 Å². The van der Waals surface area contributed by atoms with E-state index < -0.39 is 28.3 Å². The van der Waals surface area contributed by atoms with Crippen molar-refractivity contribution >= 4 is 17.3 Å². The minimum absolute atomic E-state index is 0.00242. The number of anilines is 1. The summed E-state index contributed by atoms with van der Waals surface area (Å²) in [6.07, 6.45) is -4.71. The fourth-order valence-electron chi connectivity index (χ4n) is 3.11. The van der Waals surface area contributed by atoms with Gasteiger partial charge in [0.05, 0.1) is 22.6 Å². The molecule has 0 atom stereocenters. The number of nitro benzene ring substituents is 1. The SMILES string of the molecule is O=C(OCCN(Cc1ccccc1)c1ccc(C(F)(F)F)cc1[N+](=O)[O-])c1ccccc1. The second-order valence-electron chi connectivity index (χ2n) is 6.87. The van der Waals surface area contributed by atoms with Crippen LogP contribution >= 0.6 is 0 Å². The van der Waals surface area contributed by atoms with Crippen LogP contribution in [0.3, 0.4) is 0 Å². The molecule has 0 bridgehead atoms. The highest BCUT2D eigenvalue weighted by atomic mass is 19.4. The topological polar surface area (TPSA) is 72.7 Å². The maximum absolute atomic E-state index is 13.1. The van der Waals surface area contributed by atoms with Crippen molar-refractivity contribution in [3.63, 3.8) is 0 Å². The number of benzene rings is 3. The standard InChI is InChI=1S/C23H19F3N2O4/c24-23(25,26)19-11-12-20(21(15-19)28(30)31)27(16-17-7-3-1-4-8-17)13-14-32-22(29)18-9-5-2-6-10-18/h1-12,15H,13-14,16H2. The van der Waals surface area contributed by atoms with Crippen molar-refractivity contribution in [2.75, 3.05) is 18.1 Å². The maximum Gasteiger partial charge on any atom is 0.416 e. The molecule has 0 fully saturated rings. The molecule has 3 rings (SSSR count). The highest BCUT2D eigenvalue weighted by Crippen LogP contribution is 2.37. The maximum atomic E-state index is 13.1. The smallest absolute Gasteiger partial charge is 0.416 e. The number of esters is 1. The number of carbonyl (C=O) groups excluding carboxylic acids is 1. The van der Waals surface area contributed by atoms with E-state index in [1.807, 2.05) is 0 Å². The van der Waals surface area contributed by atoms with Gasteiger partial charge in [-0.15, -0.1) is 0 Å². The van der Waals surface area contributed by atoms with Crippen molar-refractivity contribution in [3.8, 4) is 0 Å². The molecule has 0 N–H and O–H groups in total. The second-order valence-corrected chi connectivity index (χ2v) is 6.87. The largest absolute Gasteiger partial charge is 0.460 e. The van der Waals surface area contributed by atoms with Gasteiger partial charge in [0.15, 0.2) is 0 Å². The minimum Gasteiger partial charge on any atom is -0.460 e. The van der Waals surface area contributed by atoms with E-state index in [4.69, 9.17) is 4.74 Å². The van der Waals surface area contributed by atoms with Crippen LogP contribution in [0.2, 0.25) is 0 Å². The summed E-state index contributed by atoms with van der Waals surface area (Å²) < 4.78 is 44.5. The van der Waals surface area contributed by atoms with Crippen LogP contribution in [-0.4, -0.2) is 24.0 Å². The Balaban J connectivity index is 1.86. The van der Waals surface area contributed by atoms with Crippen molar-refractivity contribution in [3.05, 3.63) is 106 Å². The summed E-state index contributed by atoms with van der Waals surface area (Å²) in [5.74, 6) is -0.563.